The molecule has 0 aromatic heterocycles. The molecule has 2 aliphatic rings. The van der Waals surface area contributed by atoms with Crippen LogP contribution in [0.4, 0.5) is 0 Å². The first-order valence-corrected chi connectivity index (χ1v) is 9.16. The second kappa shape index (κ2) is 6.58. The lowest BCUT2D eigenvalue weighted by Gasteiger charge is -2.47. The van der Waals surface area contributed by atoms with Crippen LogP contribution < -0.4 is 5.73 Å². The van der Waals surface area contributed by atoms with Crippen molar-refractivity contribution in [2.45, 2.75) is 85.2 Å². The molecule has 3 atom stereocenters. The third-order valence-corrected chi connectivity index (χ3v) is 6.60. The molecule has 21 heavy (non-hydrogen) atoms. The van der Waals surface area contributed by atoms with Crippen LogP contribution in [0.25, 0.3) is 0 Å². The predicted octanol–water partition coefficient (Wildman–Crippen LogP) is 4.36. The highest BCUT2D eigenvalue weighted by Crippen LogP contribution is 2.48. The Kier molecular flexibility index (Phi) is 5.41. The summed E-state index contributed by atoms with van der Waals surface area (Å²) in [5, 5.41) is 11.1. The molecule has 0 heterocycles. The zero-order valence-corrected chi connectivity index (χ0v) is 14.7. The molecule has 2 rings (SSSR count). The van der Waals surface area contributed by atoms with Gasteiger partial charge in [0.2, 0.25) is 0 Å². The monoisotopic (exact) mass is 295 g/mol. The highest BCUT2D eigenvalue weighted by atomic mass is 16.3. The molecule has 2 heteroatoms. The van der Waals surface area contributed by atoms with E-state index in [1.54, 1.807) is 0 Å². The summed E-state index contributed by atoms with van der Waals surface area (Å²) < 4.78 is 0. The molecule has 0 aliphatic heterocycles. The quantitative estimate of drug-likeness (QED) is 0.813. The van der Waals surface area contributed by atoms with Gasteiger partial charge in [0.05, 0.1) is 6.10 Å². The Morgan fingerprint density at radius 2 is 1.76 bits per heavy atom. The molecule has 0 amide bonds. The normalized spacial score (nSPS) is 40.0. The van der Waals surface area contributed by atoms with Gasteiger partial charge in [0, 0.05) is 12.0 Å². The summed E-state index contributed by atoms with van der Waals surface area (Å²) in [6.45, 7) is 10.1. The Balaban J connectivity index is 1.98. The molecule has 0 aromatic carbocycles. The van der Waals surface area contributed by atoms with Crippen LogP contribution in [0.5, 0.6) is 0 Å². The van der Waals surface area contributed by atoms with Gasteiger partial charge in [-0.15, -0.1) is 0 Å². The Morgan fingerprint density at radius 3 is 2.24 bits per heavy atom. The Morgan fingerprint density at radius 1 is 1.14 bits per heavy atom. The van der Waals surface area contributed by atoms with Gasteiger partial charge in [-0.05, 0) is 61.7 Å². The van der Waals surface area contributed by atoms with E-state index in [1.807, 2.05) is 0 Å². The number of rotatable bonds is 3. The molecule has 2 nitrogen and oxygen atoms in total. The van der Waals surface area contributed by atoms with Gasteiger partial charge in [0.1, 0.15) is 0 Å². The fourth-order valence-electron chi connectivity index (χ4n) is 5.08. The summed E-state index contributed by atoms with van der Waals surface area (Å²) in [5.41, 5.74) is 6.57. The van der Waals surface area contributed by atoms with Gasteiger partial charge in [0.25, 0.3) is 0 Å². The van der Waals surface area contributed by atoms with Gasteiger partial charge in [-0.1, -0.05) is 40.5 Å². The lowest BCUT2D eigenvalue weighted by molar-refractivity contribution is -0.0632. The van der Waals surface area contributed by atoms with E-state index in [0.29, 0.717) is 17.9 Å². The van der Waals surface area contributed by atoms with Crippen LogP contribution in [0.15, 0.2) is 0 Å². The summed E-state index contributed by atoms with van der Waals surface area (Å²) in [6.07, 6.45) is 9.59. The molecule has 3 N–H and O–H groups in total. The Hall–Kier alpha value is -0.0800. The maximum Gasteiger partial charge on any atom is 0.0636 e. The number of hydrogen-bond donors (Lipinski definition) is 2. The van der Waals surface area contributed by atoms with Crippen LogP contribution in [0.1, 0.15) is 79.1 Å². The third kappa shape index (κ3) is 3.82. The first kappa shape index (κ1) is 17.3. The van der Waals surface area contributed by atoms with Gasteiger partial charge in [0.15, 0.2) is 0 Å². The fourth-order valence-corrected chi connectivity index (χ4v) is 5.08. The molecule has 0 saturated heterocycles. The largest absolute Gasteiger partial charge is 0.392 e. The average Bonchev–Trinajstić information content (AvgIpc) is 2.45. The topological polar surface area (TPSA) is 46.2 Å². The van der Waals surface area contributed by atoms with E-state index in [0.717, 1.165) is 24.7 Å². The maximum absolute atomic E-state index is 11.1. The van der Waals surface area contributed by atoms with Crippen molar-refractivity contribution in [2.24, 2.45) is 34.3 Å². The molecule has 124 valence electrons. The Labute approximate surface area is 131 Å². The van der Waals surface area contributed by atoms with Crippen LogP contribution in [-0.2, 0) is 0 Å². The minimum atomic E-state index is -0.175. The first-order chi connectivity index (χ1) is 9.78. The Bertz CT molecular complexity index is 327. The summed E-state index contributed by atoms with van der Waals surface area (Å²) in [7, 11) is 0. The van der Waals surface area contributed by atoms with Gasteiger partial charge in [-0.25, -0.2) is 0 Å². The van der Waals surface area contributed by atoms with Crippen LogP contribution in [-0.4, -0.2) is 17.8 Å². The molecule has 3 unspecified atom stereocenters. The number of nitrogens with two attached hydrogens (primary N) is 1. The zero-order chi connectivity index (χ0) is 15.7. The van der Waals surface area contributed by atoms with E-state index >= 15 is 0 Å². The summed E-state index contributed by atoms with van der Waals surface area (Å²) in [5.74, 6) is 2.03. The standard InChI is InChI=1S/C19H37NO/c1-14-6-5-11-19(12-14,13-20)17(21)15-7-9-16(10-8-15)18(2,3)4/h14-17,21H,5-13,20H2,1-4H3. The highest BCUT2D eigenvalue weighted by Gasteiger charge is 2.44. The maximum atomic E-state index is 11.1. The second-order valence-electron chi connectivity index (χ2n) is 9.19. The van der Waals surface area contributed by atoms with E-state index in [2.05, 4.69) is 27.7 Å². The minimum Gasteiger partial charge on any atom is -0.392 e. The summed E-state index contributed by atoms with van der Waals surface area (Å²) in [4.78, 5) is 0. The summed E-state index contributed by atoms with van der Waals surface area (Å²) in [6, 6.07) is 0. The predicted molar refractivity (Wildman–Crippen MR) is 90.0 cm³/mol. The molecule has 0 aromatic rings. The number of hydrogen-bond acceptors (Lipinski definition) is 2. The lowest BCUT2D eigenvalue weighted by atomic mass is 9.60. The SMILES string of the molecule is CC1CCCC(CN)(C(O)C2CCC(C(C)(C)C)CC2)C1. The van der Waals surface area contributed by atoms with Crippen LogP contribution in [0.2, 0.25) is 0 Å². The fraction of sp³-hybridized carbons (Fsp3) is 1.00. The molecule has 2 fully saturated rings. The van der Waals surface area contributed by atoms with Crippen molar-refractivity contribution in [1.82, 2.24) is 0 Å². The van der Waals surface area contributed by atoms with Crippen molar-refractivity contribution < 1.29 is 5.11 Å². The lowest BCUT2D eigenvalue weighted by Crippen LogP contribution is -2.49. The van der Waals surface area contributed by atoms with Crippen molar-refractivity contribution in [3.8, 4) is 0 Å². The smallest absolute Gasteiger partial charge is 0.0636 e. The van der Waals surface area contributed by atoms with Gasteiger partial charge < -0.3 is 10.8 Å². The zero-order valence-electron chi connectivity index (χ0n) is 14.7. The molecular weight excluding hydrogens is 258 g/mol. The van der Waals surface area contributed by atoms with E-state index in [9.17, 15) is 5.11 Å². The van der Waals surface area contributed by atoms with Gasteiger partial charge >= 0.3 is 0 Å². The molecular formula is C19H37NO. The van der Waals surface area contributed by atoms with Crippen molar-refractivity contribution in [1.29, 1.82) is 0 Å². The van der Waals surface area contributed by atoms with Crippen molar-refractivity contribution >= 4 is 0 Å². The van der Waals surface area contributed by atoms with Crippen LogP contribution in [0.3, 0.4) is 0 Å². The van der Waals surface area contributed by atoms with Gasteiger partial charge in [-0.3, -0.25) is 0 Å². The minimum absolute atomic E-state index is 0.0108. The van der Waals surface area contributed by atoms with Gasteiger partial charge in [-0.2, -0.15) is 0 Å². The second-order valence-corrected chi connectivity index (χ2v) is 9.19. The van der Waals surface area contributed by atoms with E-state index in [4.69, 9.17) is 5.73 Å². The van der Waals surface area contributed by atoms with E-state index in [-0.39, 0.29) is 11.5 Å². The van der Waals surface area contributed by atoms with Crippen molar-refractivity contribution in [2.75, 3.05) is 6.54 Å². The van der Waals surface area contributed by atoms with E-state index < -0.39 is 0 Å². The summed E-state index contributed by atoms with van der Waals surface area (Å²) >= 11 is 0. The molecule has 0 bridgehead atoms. The highest BCUT2D eigenvalue weighted by molar-refractivity contribution is 4.96. The molecule has 2 saturated carbocycles. The number of aliphatic hydroxyl groups is 1. The first-order valence-electron chi connectivity index (χ1n) is 9.16. The number of aliphatic hydroxyl groups excluding tert-OH is 1. The molecule has 2 aliphatic carbocycles. The van der Waals surface area contributed by atoms with Crippen LogP contribution >= 0.6 is 0 Å². The molecule has 0 spiro atoms. The van der Waals surface area contributed by atoms with E-state index in [1.165, 1.54) is 38.5 Å². The molecule has 0 radical (unpaired) electrons. The van der Waals surface area contributed by atoms with Crippen molar-refractivity contribution in [3.05, 3.63) is 0 Å². The van der Waals surface area contributed by atoms with Crippen LogP contribution in [0, 0.1) is 28.6 Å². The third-order valence-electron chi connectivity index (χ3n) is 6.60. The van der Waals surface area contributed by atoms with Crippen molar-refractivity contribution in [3.63, 3.8) is 0 Å². The average molecular weight is 296 g/mol.